The zero-order chi connectivity index (χ0) is 31.0. The Kier molecular flexibility index (Phi) is 20.4. The van der Waals surface area contributed by atoms with Crippen molar-refractivity contribution in [2.75, 3.05) is 13.1 Å². The minimum Gasteiger partial charge on any atom is -0.352 e. The standard InChI is InChI=1S/2C14H14N2O.Cu.2HNO3/c2*17-14(13-7-9-15-10-8-13)16-11-6-12-4-2-1-3-5-12;;2*2-1(3)4/h2*1-5,7-10H,6,11H2,(H,16,17);;2*(H,2,3,4). The summed E-state index contributed by atoms with van der Waals surface area (Å²) in [5.74, 6) is -0.105. The largest absolute Gasteiger partial charge is 0.352 e. The van der Waals surface area contributed by atoms with Crippen molar-refractivity contribution in [3.63, 3.8) is 0 Å². The van der Waals surface area contributed by atoms with Gasteiger partial charge in [0, 0.05) is 66.1 Å². The first-order valence-corrected chi connectivity index (χ1v) is 12.3. The molecule has 2 amide bonds. The van der Waals surface area contributed by atoms with Crippen molar-refractivity contribution in [3.8, 4) is 0 Å². The van der Waals surface area contributed by atoms with Crippen LogP contribution in [0.15, 0.2) is 110 Å². The Morgan fingerprint density at radius 1 is 0.605 bits per heavy atom. The van der Waals surface area contributed by atoms with Crippen molar-refractivity contribution < 1.29 is 47.2 Å². The van der Waals surface area contributed by atoms with Gasteiger partial charge in [-0.15, -0.1) is 20.2 Å². The molecule has 2 aromatic carbocycles. The molecular formula is C28H30CuN6O8. The van der Waals surface area contributed by atoms with Gasteiger partial charge in [0.15, 0.2) is 0 Å². The van der Waals surface area contributed by atoms with E-state index in [-0.39, 0.29) is 28.9 Å². The van der Waals surface area contributed by atoms with Crippen molar-refractivity contribution in [1.82, 2.24) is 20.6 Å². The van der Waals surface area contributed by atoms with Crippen LogP contribution in [-0.2, 0) is 29.9 Å². The fourth-order valence-corrected chi connectivity index (χ4v) is 3.14. The number of carbonyl (C=O) groups excluding carboxylic acids is 2. The van der Waals surface area contributed by atoms with Crippen molar-refractivity contribution in [2.45, 2.75) is 12.8 Å². The predicted octanol–water partition coefficient (Wildman–Crippen LogP) is 3.41. The van der Waals surface area contributed by atoms with Crippen LogP contribution in [0.5, 0.6) is 0 Å². The fourth-order valence-electron chi connectivity index (χ4n) is 3.14. The van der Waals surface area contributed by atoms with Gasteiger partial charge in [-0.05, 0) is 48.2 Å². The molecule has 0 bridgehead atoms. The van der Waals surface area contributed by atoms with Crippen LogP contribution in [0.25, 0.3) is 0 Å². The number of nitrogens with zero attached hydrogens (tertiary/aromatic N) is 4. The number of hydrogen-bond acceptors (Lipinski definition) is 8. The quantitative estimate of drug-likeness (QED) is 0.125. The Balaban J connectivity index is 0.000000646. The van der Waals surface area contributed by atoms with Crippen molar-refractivity contribution in [1.29, 1.82) is 0 Å². The number of benzene rings is 2. The van der Waals surface area contributed by atoms with Crippen molar-refractivity contribution in [3.05, 3.63) is 152 Å². The van der Waals surface area contributed by atoms with Gasteiger partial charge in [0.2, 0.25) is 0 Å². The van der Waals surface area contributed by atoms with Gasteiger partial charge in [-0.3, -0.25) is 19.6 Å². The maximum atomic E-state index is 11.7. The Bertz CT molecular complexity index is 1230. The zero-order valence-corrected chi connectivity index (χ0v) is 23.6. The van der Waals surface area contributed by atoms with Gasteiger partial charge >= 0.3 is 0 Å². The van der Waals surface area contributed by atoms with Crippen LogP contribution in [0.4, 0.5) is 0 Å². The summed E-state index contributed by atoms with van der Waals surface area (Å²) in [6.07, 6.45) is 8.16. The first kappa shape index (κ1) is 37.6. The Morgan fingerprint density at radius 2 is 0.884 bits per heavy atom. The number of rotatable bonds is 8. The number of amides is 2. The molecule has 231 valence electrons. The molecule has 0 aliphatic carbocycles. The molecule has 0 saturated heterocycles. The monoisotopic (exact) mass is 641 g/mol. The number of hydrogen-bond donors (Lipinski definition) is 4. The minimum atomic E-state index is -1.50. The first-order chi connectivity index (χ1) is 20.2. The molecule has 43 heavy (non-hydrogen) atoms. The molecule has 15 heteroatoms. The van der Waals surface area contributed by atoms with E-state index < -0.39 is 10.2 Å². The van der Waals surface area contributed by atoms with Gasteiger partial charge in [-0.1, -0.05) is 60.7 Å². The number of carbonyl (C=O) groups is 2. The Labute approximate surface area is 257 Å². The normalized spacial score (nSPS) is 8.93. The molecule has 4 rings (SSSR count). The van der Waals surface area contributed by atoms with Gasteiger partial charge < -0.3 is 21.0 Å². The molecule has 4 aromatic rings. The van der Waals surface area contributed by atoms with Crippen molar-refractivity contribution in [2.24, 2.45) is 0 Å². The predicted molar refractivity (Wildman–Crippen MR) is 151 cm³/mol. The molecule has 0 aliphatic heterocycles. The molecular weight excluding hydrogens is 612 g/mol. The summed E-state index contributed by atoms with van der Waals surface area (Å²) in [4.78, 5) is 47.9. The van der Waals surface area contributed by atoms with Crippen LogP contribution >= 0.6 is 0 Å². The summed E-state index contributed by atoms with van der Waals surface area (Å²) in [7, 11) is 0. The number of nitrogens with one attached hydrogen (secondary N) is 2. The molecule has 2 aromatic heterocycles. The van der Waals surface area contributed by atoms with E-state index in [4.69, 9.17) is 30.6 Å². The topological polar surface area (TPSA) is 211 Å². The van der Waals surface area contributed by atoms with Crippen LogP contribution in [0.2, 0.25) is 0 Å². The summed E-state index contributed by atoms with van der Waals surface area (Å²) in [6, 6.07) is 27.0. The molecule has 0 fully saturated rings. The van der Waals surface area contributed by atoms with Gasteiger partial charge in [-0.2, -0.15) is 0 Å². The molecule has 1 radical (unpaired) electrons. The number of pyridine rings is 2. The molecule has 2 heterocycles. The molecule has 0 aliphatic rings. The maximum Gasteiger partial charge on any atom is 0.291 e. The maximum absolute atomic E-state index is 11.7. The van der Waals surface area contributed by atoms with Crippen LogP contribution in [-0.4, -0.2) is 55.5 Å². The van der Waals surface area contributed by atoms with E-state index in [1.807, 2.05) is 36.4 Å². The minimum absolute atomic E-state index is 0. The first-order valence-electron chi connectivity index (χ1n) is 12.3. The average Bonchev–Trinajstić information content (AvgIpc) is 2.99. The van der Waals surface area contributed by atoms with Gasteiger partial charge in [0.05, 0.1) is 0 Å². The molecule has 4 N–H and O–H groups in total. The third-order valence-corrected chi connectivity index (χ3v) is 4.97. The molecule has 14 nitrogen and oxygen atoms in total. The SMILES string of the molecule is O=C(NCCc1ccccc1)c1ccncc1.O=C(NCCc1ccccc1)c1ccncc1.O=[N+]([O-])O.O=[N+]([O-])O.[Cu]. The van der Waals surface area contributed by atoms with Crippen molar-refractivity contribution >= 4 is 11.8 Å². The summed E-state index contributed by atoms with van der Waals surface area (Å²) in [5.41, 5.74) is 3.74. The van der Waals surface area contributed by atoms with Crippen LogP contribution in [0.3, 0.4) is 0 Å². The third kappa shape index (κ3) is 20.2. The zero-order valence-electron chi connectivity index (χ0n) is 22.7. The van der Waals surface area contributed by atoms with E-state index in [1.165, 1.54) is 11.1 Å². The Morgan fingerprint density at radius 3 is 1.16 bits per heavy atom. The summed E-state index contributed by atoms with van der Waals surface area (Å²) in [5, 5.41) is 33.0. The second-order valence-corrected chi connectivity index (χ2v) is 7.93. The molecule has 0 spiro atoms. The smallest absolute Gasteiger partial charge is 0.291 e. The van der Waals surface area contributed by atoms with E-state index >= 15 is 0 Å². The van der Waals surface area contributed by atoms with E-state index in [1.54, 1.807) is 49.1 Å². The third-order valence-electron chi connectivity index (χ3n) is 4.97. The molecule has 0 saturated carbocycles. The van der Waals surface area contributed by atoms with Gasteiger partial charge in [0.25, 0.3) is 22.0 Å². The van der Waals surface area contributed by atoms with E-state index in [9.17, 15) is 9.59 Å². The molecule has 0 atom stereocenters. The van der Waals surface area contributed by atoms with E-state index in [0.29, 0.717) is 24.2 Å². The second-order valence-electron chi connectivity index (χ2n) is 7.93. The summed E-state index contributed by atoms with van der Waals surface area (Å²) < 4.78 is 0. The second kappa shape index (κ2) is 23.3. The fraction of sp³-hybridized carbons (Fsp3) is 0.143. The van der Waals surface area contributed by atoms with Gasteiger partial charge in [0.1, 0.15) is 0 Å². The summed E-state index contributed by atoms with van der Waals surface area (Å²) >= 11 is 0. The van der Waals surface area contributed by atoms with E-state index in [2.05, 4.69) is 44.9 Å². The van der Waals surface area contributed by atoms with Crippen LogP contribution in [0.1, 0.15) is 31.8 Å². The van der Waals surface area contributed by atoms with E-state index in [0.717, 1.165) is 12.8 Å². The van der Waals surface area contributed by atoms with Crippen LogP contribution < -0.4 is 10.6 Å². The van der Waals surface area contributed by atoms with Crippen LogP contribution in [0, 0.1) is 20.2 Å². The molecule has 0 unspecified atom stereocenters. The van der Waals surface area contributed by atoms with Gasteiger partial charge in [-0.25, -0.2) is 0 Å². The number of aromatic nitrogens is 2. The average molecular weight is 642 g/mol. The Hall–Kier alpha value is -5.40. The summed E-state index contributed by atoms with van der Waals surface area (Å²) in [6.45, 7) is 1.29.